The fraction of sp³-hybridized carbons (Fsp3) is 0.364. The molecule has 4 heterocycles. The van der Waals surface area contributed by atoms with Crippen molar-refractivity contribution in [2.75, 3.05) is 17.2 Å². The zero-order chi connectivity index (χ0) is 28.5. The van der Waals surface area contributed by atoms with Gasteiger partial charge in [0.15, 0.2) is 10.8 Å². The van der Waals surface area contributed by atoms with Crippen molar-refractivity contribution in [1.29, 1.82) is 0 Å². The van der Waals surface area contributed by atoms with E-state index in [2.05, 4.69) is 26.2 Å². The molecule has 2 aliphatic rings. The highest BCUT2D eigenvalue weighted by atomic mass is 35.5. The molecule has 2 amide bonds. The predicted molar refractivity (Wildman–Crippen MR) is 150 cm³/mol. The van der Waals surface area contributed by atoms with E-state index in [1.54, 1.807) is 30.2 Å². The van der Waals surface area contributed by atoms with Crippen LogP contribution in [0.3, 0.4) is 0 Å². The van der Waals surface area contributed by atoms with E-state index >= 15 is 0 Å². The molecule has 17 heteroatoms. The van der Waals surface area contributed by atoms with Gasteiger partial charge in [0.1, 0.15) is 21.4 Å². The molecule has 2 aliphatic heterocycles. The van der Waals surface area contributed by atoms with Gasteiger partial charge in [0.2, 0.25) is 0 Å². The molecular weight excluding hydrogens is 606 g/mol. The fourth-order valence-corrected chi connectivity index (χ4v) is 8.41. The number of nitrogen functional groups attached to an aromatic ring is 1. The Labute approximate surface area is 245 Å². The number of aliphatic carboxylic acids is 1. The van der Waals surface area contributed by atoms with Crippen molar-refractivity contribution in [1.82, 2.24) is 20.2 Å². The summed E-state index contributed by atoms with van der Waals surface area (Å²) in [4.78, 5) is 48.5. The topological polar surface area (TPSA) is 202 Å². The minimum Gasteiger partial charge on any atom is -0.543 e. The highest BCUT2D eigenvalue weighted by Gasteiger charge is 2.53. The number of nitrogens with two attached hydrogens (primary N) is 1. The number of halogens is 1. The summed E-state index contributed by atoms with van der Waals surface area (Å²) in [6.45, 7) is 4.10. The van der Waals surface area contributed by atoms with E-state index in [4.69, 9.17) is 17.3 Å². The van der Waals surface area contributed by atoms with Crippen LogP contribution in [0.5, 0.6) is 0 Å². The van der Waals surface area contributed by atoms with Gasteiger partial charge in [0.05, 0.1) is 17.2 Å². The van der Waals surface area contributed by atoms with Gasteiger partial charge >= 0.3 is 0 Å². The van der Waals surface area contributed by atoms with Crippen molar-refractivity contribution in [3.63, 3.8) is 0 Å². The number of fused-ring (bicyclic) bond motifs is 1. The van der Waals surface area contributed by atoms with Gasteiger partial charge in [-0.2, -0.15) is 11.8 Å². The predicted octanol–water partition coefficient (Wildman–Crippen LogP) is 0.359. The van der Waals surface area contributed by atoms with Crippen LogP contribution in [0.1, 0.15) is 25.1 Å². The van der Waals surface area contributed by atoms with Gasteiger partial charge in [-0.25, -0.2) is 4.98 Å². The van der Waals surface area contributed by atoms with E-state index in [1.165, 1.54) is 23.5 Å². The molecule has 0 unspecified atom stereocenters. The van der Waals surface area contributed by atoms with Crippen molar-refractivity contribution in [2.24, 2.45) is 5.16 Å². The summed E-state index contributed by atoms with van der Waals surface area (Å²) in [7, 11) is 0. The number of anilines is 1. The third kappa shape index (κ3) is 6.47. The van der Waals surface area contributed by atoms with Crippen LogP contribution in [0.2, 0.25) is 4.34 Å². The lowest BCUT2D eigenvalue weighted by molar-refractivity contribution is -0.456. The lowest BCUT2D eigenvalue weighted by Crippen LogP contribution is -2.71. The lowest BCUT2D eigenvalue weighted by Gasteiger charge is -2.50. The normalized spacial score (nSPS) is 19.5. The highest BCUT2D eigenvalue weighted by Crippen LogP contribution is 2.45. The average molecular weight is 630 g/mol. The number of pyridine rings is 1. The van der Waals surface area contributed by atoms with E-state index in [1.807, 2.05) is 13.8 Å². The minimum absolute atomic E-state index is 0.0387. The first kappa shape index (κ1) is 29.5. The van der Waals surface area contributed by atoms with E-state index in [-0.39, 0.29) is 32.2 Å². The van der Waals surface area contributed by atoms with E-state index in [9.17, 15) is 24.7 Å². The molecule has 12 nitrogen and oxygen atoms in total. The monoisotopic (exact) mass is 629 g/mol. The Hall–Kier alpha value is -2.50. The summed E-state index contributed by atoms with van der Waals surface area (Å²) in [5.74, 6) is -1.28. The summed E-state index contributed by atoms with van der Waals surface area (Å²) in [6, 6.07) is 0.744. The molecule has 0 bridgehead atoms. The molecule has 1 saturated heterocycles. The second kappa shape index (κ2) is 11.9. The molecule has 39 heavy (non-hydrogen) atoms. The number of hydrogen-bond donors (Lipinski definition) is 4. The smallest absolute Gasteiger partial charge is 0.276 e. The number of rotatable bonds is 10. The summed E-state index contributed by atoms with van der Waals surface area (Å²) >= 11 is 11.2. The third-order valence-electron chi connectivity index (χ3n) is 5.40. The van der Waals surface area contributed by atoms with Crippen LogP contribution in [0.15, 0.2) is 39.1 Å². The van der Waals surface area contributed by atoms with Crippen LogP contribution < -0.4 is 21.9 Å². The number of oxime groups is 1. The molecule has 7 N–H and O–H groups in total. The molecular formula is C22H24ClN7O5S4. The van der Waals surface area contributed by atoms with Crippen molar-refractivity contribution < 1.29 is 30.4 Å². The highest BCUT2D eigenvalue weighted by molar-refractivity contribution is 8.06. The van der Waals surface area contributed by atoms with Crippen LogP contribution in [-0.2, 0) is 20.1 Å². The number of nitrogens with one attached hydrogen (secondary N) is 1. The number of amides is 2. The molecule has 0 aliphatic carbocycles. The van der Waals surface area contributed by atoms with Gasteiger partial charge in [-0.05, 0) is 25.5 Å². The van der Waals surface area contributed by atoms with E-state index in [0.717, 1.165) is 32.4 Å². The van der Waals surface area contributed by atoms with Gasteiger partial charge in [-0.15, -0.1) is 11.8 Å². The van der Waals surface area contributed by atoms with Gasteiger partial charge in [-0.3, -0.25) is 19.5 Å². The second-order valence-electron chi connectivity index (χ2n) is 9.29. The molecule has 1 fully saturated rings. The first-order valence-electron chi connectivity index (χ1n) is 11.3. The Morgan fingerprint density at radius 3 is 2.82 bits per heavy atom. The first-order chi connectivity index (χ1) is 18.4. The van der Waals surface area contributed by atoms with Crippen LogP contribution in [0.4, 0.5) is 5.13 Å². The second-order valence-corrected chi connectivity index (χ2v) is 14.1. The molecule has 208 valence electrons. The van der Waals surface area contributed by atoms with Crippen molar-refractivity contribution in [2.45, 2.75) is 41.5 Å². The largest absolute Gasteiger partial charge is 0.543 e. The Morgan fingerprint density at radius 1 is 1.46 bits per heavy atom. The summed E-state index contributed by atoms with van der Waals surface area (Å²) in [5, 5.41) is 26.4. The quantitative estimate of drug-likeness (QED) is 0.122. The first-order valence-corrected chi connectivity index (χ1v) is 15.5. The van der Waals surface area contributed by atoms with Crippen LogP contribution >= 0.6 is 58.2 Å². The standard InChI is InChI=1S/C22H24ClN7O5S4/c1-22(2,25)8-36-6-9-5-26-4-3-10(9)38-11-7-37-19-14(18(32)30(19)15(11)20(33)34)27-17(31)13(29-35)12-16(23)39-21(24)28-12/h3-5,14,19,35H,6-8,25H2,1-2H3,(H2,24,28)(H,27,31)(H,33,34)/b29-13-/t14-,19-/m1/s1. The Balaban J connectivity index is 1.51. The van der Waals surface area contributed by atoms with Crippen molar-refractivity contribution >= 4 is 86.9 Å². The number of carbonyl (C=O) groups excluding carboxylic acids is 3. The molecule has 2 aromatic heterocycles. The van der Waals surface area contributed by atoms with Gasteiger partial charge in [0.25, 0.3) is 11.8 Å². The zero-order valence-corrected chi connectivity index (χ0v) is 24.7. The number of β-lactam (4-membered cyclic amide) rings is 1. The van der Waals surface area contributed by atoms with Gasteiger partial charge in [0, 0.05) is 39.5 Å². The molecule has 0 spiro atoms. The van der Waals surface area contributed by atoms with Crippen molar-refractivity contribution in [3.05, 3.63) is 44.7 Å². The third-order valence-corrected chi connectivity index (χ3v) is 10.6. The Morgan fingerprint density at radius 2 is 2.21 bits per heavy atom. The number of hydrogen-bond acceptors (Lipinski definition) is 13. The number of carbonyl (C=O) groups is 3. The van der Waals surface area contributed by atoms with Crippen LogP contribution in [0.25, 0.3) is 0 Å². The number of carboxylic acid groups (broad SMARTS) is 1. The number of quaternary nitrogens is 1. The maximum Gasteiger partial charge on any atom is 0.276 e. The number of thiazole rings is 1. The molecule has 0 radical (unpaired) electrons. The van der Waals surface area contributed by atoms with Gasteiger partial charge in [-0.1, -0.05) is 39.9 Å². The summed E-state index contributed by atoms with van der Waals surface area (Å²) < 4.78 is 0.0387. The van der Waals surface area contributed by atoms with Gasteiger partial charge < -0.3 is 31.9 Å². The zero-order valence-electron chi connectivity index (χ0n) is 20.7. The van der Waals surface area contributed by atoms with E-state index in [0.29, 0.717) is 10.7 Å². The van der Waals surface area contributed by atoms with Crippen molar-refractivity contribution in [3.8, 4) is 0 Å². The summed E-state index contributed by atoms with van der Waals surface area (Å²) in [5.41, 5.74) is 9.68. The molecule has 0 aromatic carbocycles. The van der Waals surface area contributed by atoms with Crippen LogP contribution in [0, 0.1) is 0 Å². The minimum atomic E-state index is -1.49. The number of aromatic nitrogens is 2. The number of thioether (sulfide) groups is 3. The molecule has 4 rings (SSSR count). The lowest BCUT2D eigenvalue weighted by atomic mass is 10.0. The van der Waals surface area contributed by atoms with E-state index < -0.39 is 34.9 Å². The Kier molecular flexibility index (Phi) is 9.02. The summed E-state index contributed by atoms with van der Waals surface area (Å²) in [6.07, 6.45) is 3.37. The number of carboxylic acids is 1. The fourth-order valence-electron chi connectivity index (χ4n) is 3.72. The average Bonchev–Trinajstić information content (AvgIpc) is 3.20. The van der Waals surface area contributed by atoms with Crippen LogP contribution in [-0.4, -0.2) is 72.0 Å². The molecule has 2 atom stereocenters. The Bertz CT molecular complexity index is 1380. The molecule has 0 saturated carbocycles. The maximum atomic E-state index is 13.0. The maximum absolute atomic E-state index is 13.0. The molecule has 2 aromatic rings. The SMILES string of the molecule is CC(C)([NH3+])CSCc1cnccc1SC1=C(C(=O)[O-])N2C(=O)[C@@H](NC(=O)/C(=N\O)c3nc(N)sc3Cl)[C@H]2SC1. The number of nitrogens with zero attached hydrogens (tertiary/aromatic N) is 4.